The second-order valence-corrected chi connectivity index (χ2v) is 9.97. The average molecular weight is 440 g/mol. The standard InChI is InChI=1S/C25H34FN5O/c1-18-28-21(15-22(27)29-18)24(2)9-6-12-31(17-24)23(32)25(10-13-30(3)14-11-25)16-19-7-4-5-8-20(19)26/h4-5,7-8,15H,6,9-14,16-17H2,1-3H3,(H2,27,28,29). The fourth-order valence-corrected chi connectivity index (χ4v) is 5.38. The number of aryl methyl sites for hydroxylation is 1. The summed E-state index contributed by atoms with van der Waals surface area (Å²) in [5, 5.41) is 0. The molecule has 6 nitrogen and oxygen atoms in total. The summed E-state index contributed by atoms with van der Waals surface area (Å²) in [6.45, 7) is 7.00. The summed E-state index contributed by atoms with van der Waals surface area (Å²) in [4.78, 5) is 27.2. The number of anilines is 1. The number of amides is 1. The molecule has 2 saturated heterocycles. The molecule has 2 aliphatic rings. The Balaban J connectivity index is 1.62. The highest BCUT2D eigenvalue weighted by Gasteiger charge is 2.46. The molecule has 2 N–H and O–H groups in total. The molecule has 2 fully saturated rings. The Hall–Kier alpha value is -2.54. The third kappa shape index (κ3) is 4.49. The Morgan fingerprint density at radius 3 is 2.56 bits per heavy atom. The van der Waals surface area contributed by atoms with E-state index in [9.17, 15) is 9.18 Å². The van der Waals surface area contributed by atoms with Crippen molar-refractivity contribution in [3.05, 3.63) is 53.2 Å². The molecule has 1 aromatic carbocycles. The van der Waals surface area contributed by atoms with Gasteiger partial charge in [-0.05, 0) is 70.8 Å². The van der Waals surface area contributed by atoms with Crippen molar-refractivity contribution < 1.29 is 9.18 Å². The van der Waals surface area contributed by atoms with Crippen molar-refractivity contribution >= 4 is 11.7 Å². The number of aromatic nitrogens is 2. The van der Waals surface area contributed by atoms with Gasteiger partial charge < -0.3 is 15.5 Å². The molecule has 172 valence electrons. The maximum absolute atomic E-state index is 14.6. The van der Waals surface area contributed by atoms with Gasteiger partial charge in [-0.2, -0.15) is 0 Å². The molecule has 2 aliphatic heterocycles. The summed E-state index contributed by atoms with van der Waals surface area (Å²) in [5.41, 5.74) is 6.67. The maximum Gasteiger partial charge on any atom is 0.229 e. The molecule has 2 aromatic rings. The van der Waals surface area contributed by atoms with Gasteiger partial charge in [-0.25, -0.2) is 14.4 Å². The van der Waals surface area contributed by atoms with Crippen LogP contribution in [0.25, 0.3) is 0 Å². The van der Waals surface area contributed by atoms with E-state index in [0.717, 1.165) is 51.0 Å². The first-order chi connectivity index (χ1) is 15.2. The number of nitrogen functional groups attached to an aromatic ring is 1. The van der Waals surface area contributed by atoms with Gasteiger partial charge >= 0.3 is 0 Å². The molecule has 0 aliphatic carbocycles. The van der Waals surface area contributed by atoms with Gasteiger partial charge in [-0.1, -0.05) is 25.1 Å². The van der Waals surface area contributed by atoms with Gasteiger partial charge in [0.15, 0.2) is 0 Å². The zero-order chi connectivity index (χ0) is 22.9. The maximum atomic E-state index is 14.6. The Morgan fingerprint density at radius 1 is 1.16 bits per heavy atom. The highest BCUT2D eigenvalue weighted by molar-refractivity contribution is 5.83. The molecule has 1 unspecified atom stereocenters. The Labute approximate surface area is 190 Å². The molecular weight excluding hydrogens is 405 g/mol. The topological polar surface area (TPSA) is 75.3 Å². The molecule has 0 saturated carbocycles. The third-order valence-corrected chi connectivity index (χ3v) is 7.34. The zero-order valence-corrected chi connectivity index (χ0v) is 19.4. The van der Waals surface area contributed by atoms with Gasteiger partial charge in [0.2, 0.25) is 5.91 Å². The van der Waals surface area contributed by atoms with Gasteiger partial charge in [0.05, 0.1) is 11.1 Å². The van der Waals surface area contributed by atoms with Gasteiger partial charge in [0, 0.05) is 24.6 Å². The molecule has 32 heavy (non-hydrogen) atoms. The van der Waals surface area contributed by atoms with E-state index in [0.29, 0.717) is 30.2 Å². The highest BCUT2D eigenvalue weighted by Crippen LogP contribution is 2.40. The van der Waals surface area contributed by atoms with E-state index in [1.807, 2.05) is 30.0 Å². The summed E-state index contributed by atoms with van der Waals surface area (Å²) in [6, 6.07) is 8.70. The van der Waals surface area contributed by atoms with Crippen LogP contribution >= 0.6 is 0 Å². The van der Waals surface area contributed by atoms with Crippen LogP contribution in [0.15, 0.2) is 30.3 Å². The van der Waals surface area contributed by atoms with Crippen molar-refractivity contribution in [2.24, 2.45) is 5.41 Å². The van der Waals surface area contributed by atoms with E-state index >= 15 is 0 Å². The molecule has 1 amide bonds. The molecule has 4 rings (SSSR count). The predicted octanol–water partition coefficient (Wildman–Crippen LogP) is 3.34. The normalized spacial score (nSPS) is 23.8. The third-order valence-electron chi connectivity index (χ3n) is 7.34. The van der Waals surface area contributed by atoms with Gasteiger partial charge in [0.1, 0.15) is 17.5 Å². The Kier molecular flexibility index (Phi) is 6.21. The van der Waals surface area contributed by atoms with Crippen LogP contribution in [0.3, 0.4) is 0 Å². The number of rotatable bonds is 4. The minimum Gasteiger partial charge on any atom is -0.384 e. The molecule has 0 bridgehead atoms. The summed E-state index contributed by atoms with van der Waals surface area (Å²) < 4.78 is 14.6. The van der Waals surface area contributed by atoms with Crippen LogP contribution in [0.1, 0.15) is 49.7 Å². The first-order valence-corrected chi connectivity index (χ1v) is 11.5. The first-order valence-electron chi connectivity index (χ1n) is 11.5. The fourth-order valence-electron chi connectivity index (χ4n) is 5.38. The van der Waals surface area contributed by atoms with Crippen LogP contribution < -0.4 is 5.73 Å². The van der Waals surface area contributed by atoms with Gasteiger partial charge in [-0.3, -0.25) is 4.79 Å². The highest BCUT2D eigenvalue weighted by atomic mass is 19.1. The second kappa shape index (κ2) is 8.77. The van der Waals surface area contributed by atoms with Crippen LogP contribution in [0, 0.1) is 18.2 Å². The van der Waals surface area contributed by atoms with Crippen molar-refractivity contribution in [3.63, 3.8) is 0 Å². The monoisotopic (exact) mass is 439 g/mol. The number of benzene rings is 1. The number of hydrogen-bond acceptors (Lipinski definition) is 5. The second-order valence-electron chi connectivity index (χ2n) is 9.97. The van der Waals surface area contributed by atoms with Gasteiger partial charge in [0.25, 0.3) is 0 Å². The smallest absolute Gasteiger partial charge is 0.229 e. The Bertz CT molecular complexity index is 968. The van der Waals surface area contributed by atoms with Crippen LogP contribution in [0.5, 0.6) is 0 Å². The number of likely N-dealkylation sites (tertiary alicyclic amines) is 2. The molecule has 7 heteroatoms. The summed E-state index contributed by atoms with van der Waals surface area (Å²) in [5.74, 6) is 1.03. The van der Waals surface area contributed by atoms with E-state index in [1.54, 1.807) is 6.07 Å². The number of carbonyl (C=O) groups excluding carboxylic acids is 1. The fraction of sp³-hybridized carbons (Fsp3) is 0.560. The van der Waals surface area contributed by atoms with Crippen molar-refractivity contribution in [2.75, 3.05) is 39.0 Å². The summed E-state index contributed by atoms with van der Waals surface area (Å²) >= 11 is 0. The van der Waals surface area contributed by atoms with Gasteiger partial charge in [-0.15, -0.1) is 0 Å². The number of halogens is 1. The number of nitrogens with zero attached hydrogens (tertiary/aromatic N) is 4. The van der Waals surface area contributed by atoms with E-state index in [1.165, 1.54) is 6.07 Å². The summed E-state index contributed by atoms with van der Waals surface area (Å²) in [7, 11) is 2.08. The lowest BCUT2D eigenvalue weighted by Crippen LogP contribution is -2.55. The average Bonchev–Trinajstić information content (AvgIpc) is 2.76. The quantitative estimate of drug-likeness (QED) is 0.791. The molecule has 0 radical (unpaired) electrons. The van der Waals surface area contributed by atoms with E-state index in [4.69, 9.17) is 5.73 Å². The Morgan fingerprint density at radius 2 is 1.88 bits per heavy atom. The van der Waals surface area contributed by atoms with E-state index in [2.05, 4.69) is 28.8 Å². The van der Waals surface area contributed by atoms with Crippen molar-refractivity contribution in [2.45, 2.75) is 51.4 Å². The number of carbonyl (C=O) groups is 1. The van der Waals surface area contributed by atoms with Crippen LogP contribution in [0.4, 0.5) is 10.2 Å². The SMILES string of the molecule is Cc1nc(N)cc(C2(C)CCCN(C(=O)C3(Cc4ccccc4F)CCN(C)CC3)C2)n1. The lowest BCUT2D eigenvalue weighted by atomic mass is 9.71. The predicted molar refractivity (Wildman–Crippen MR) is 124 cm³/mol. The number of hydrogen-bond donors (Lipinski definition) is 1. The van der Waals surface area contributed by atoms with Crippen LogP contribution in [0.2, 0.25) is 0 Å². The number of nitrogens with two attached hydrogens (primary N) is 1. The molecule has 3 heterocycles. The molecular formula is C25H34FN5O. The van der Waals surface area contributed by atoms with E-state index in [-0.39, 0.29) is 17.1 Å². The largest absolute Gasteiger partial charge is 0.384 e. The molecule has 0 spiro atoms. The molecule has 1 atom stereocenters. The summed E-state index contributed by atoms with van der Waals surface area (Å²) in [6.07, 6.45) is 3.77. The lowest BCUT2D eigenvalue weighted by Gasteiger charge is -2.47. The van der Waals surface area contributed by atoms with Crippen LogP contribution in [-0.4, -0.2) is 58.9 Å². The lowest BCUT2D eigenvalue weighted by molar-refractivity contribution is -0.147. The minimum absolute atomic E-state index is 0.151. The zero-order valence-electron chi connectivity index (χ0n) is 19.4. The van der Waals surface area contributed by atoms with Crippen LogP contribution in [-0.2, 0) is 16.6 Å². The first kappa shape index (κ1) is 22.6. The van der Waals surface area contributed by atoms with Crippen molar-refractivity contribution in [3.8, 4) is 0 Å². The number of piperidine rings is 2. The van der Waals surface area contributed by atoms with Crippen molar-refractivity contribution in [1.82, 2.24) is 19.8 Å². The molecule has 1 aromatic heterocycles. The minimum atomic E-state index is -0.576. The van der Waals surface area contributed by atoms with Crippen molar-refractivity contribution in [1.29, 1.82) is 0 Å². The van der Waals surface area contributed by atoms with E-state index < -0.39 is 5.41 Å².